The molecule has 0 aromatic carbocycles. The Kier molecular flexibility index (Phi) is 3.59. The Morgan fingerprint density at radius 2 is 1.63 bits per heavy atom. The van der Waals surface area contributed by atoms with E-state index in [1.54, 1.807) is 0 Å². The lowest BCUT2D eigenvalue weighted by atomic mass is 9.49. The molecule has 1 amide bonds. The van der Waals surface area contributed by atoms with E-state index in [1.165, 1.54) is 44.9 Å². The average Bonchev–Trinajstić information content (AvgIpc) is 2.25. The Hall–Kier alpha value is -0.570. The standard InChI is InChI=1S/C16H28N2O/c1-18(2)11-15(19)17-4-3-16-8-12-5-13(9-16)7-14(6-12)10-16/h12-14H,3-11H2,1-2H3,(H,17,19). The summed E-state index contributed by atoms with van der Waals surface area (Å²) in [6.07, 6.45) is 10.1. The summed E-state index contributed by atoms with van der Waals surface area (Å²) in [6.45, 7) is 1.40. The quantitative estimate of drug-likeness (QED) is 0.826. The first-order valence-corrected chi connectivity index (χ1v) is 7.96. The molecule has 0 saturated heterocycles. The van der Waals surface area contributed by atoms with Gasteiger partial charge in [0, 0.05) is 6.54 Å². The fourth-order valence-corrected chi connectivity index (χ4v) is 5.41. The van der Waals surface area contributed by atoms with Gasteiger partial charge in [-0.1, -0.05) is 0 Å². The molecule has 0 atom stereocenters. The van der Waals surface area contributed by atoms with Gasteiger partial charge in [0.2, 0.25) is 5.91 Å². The lowest BCUT2D eigenvalue weighted by Gasteiger charge is -2.57. The molecule has 4 bridgehead atoms. The van der Waals surface area contributed by atoms with E-state index < -0.39 is 0 Å². The van der Waals surface area contributed by atoms with E-state index in [4.69, 9.17) is 0 Å². The van der Waals surface area contributed by atoms with Crippen LogP contribution in [0.3, 0.4) is 0 Å². The van der Waals surface area contributed by atoms with Crippen molar-refractivity contribution >= 4 is 5.91 Å². The van der Waals surface area contributed by atoms with E-state index in [0.717, 1.165) is 24.3 Å². The van der Waals surface area contributed by atoms with Gasteiger partial charge in [-0.05, 0) is 82.2 Å². The Morgan fingerprint density at radius 3 is 2.11 bits per heavy atom. The van der Waals surface area contributed by atoms with Crippen LogP contribution in [0, 0.1) is 23.2 Å². The second kappa shape index (κ2) is 5.08. The fraction of sp³-hybridized carbons (Fsp3) is 0.938. The van der Waals surface area contributed by atoms with Gasteiger partial charge in [-0.15, -0.1) is 0 Å². The van der Waals surface area contributed by atoms with E-state index in [1.807, 2.05) is 19.0 Å². The molecule has 0 radical (unpaired) electrons. The van der Waals surface area contributed by atoms with Crippen molar-refractivity contribution in [2.75, 3.05) is 27.2 Å². The summed E-state index contributed by atoms with van der Waals surface area (Å²) in [4.78, 5) is 13.6. The highest BCUT2D eigenvalue weighted by atomic mass is 16.1. The maximum atomic E-state index is 11.7. The van der Waals surface area contributed by atoms with Gasteiger partial charge in [-0.3, -0.25) is 4.79 Å². The van der Waals surface area contributed by atoms with Gasteiger partial charge < -0.3 is 10.2 Å². The molecule has 0 aliphatic heterocycles. The minimum Gasteiger partial charge on any atom is -0.355 e. The highest BCUT2D eigenvalue weighted by Gasteiger charge is 2.50. The smallest absolute Gasteiger partial charge is 0.234 e. The van der Waals surface area contributed by atoms with Gasteiger partial charge in [-0.25, -0.2) is 0 Å². The van der Waals surface area contributed by atoms with E-state index in [-0.39, 0.29) is 5.91 Å². The van der Waals surface area contributed by atoms with Gasteiger partial charge in [0.05, 0.1) is 6.54 Å². The van der Waals surface area contributed by atoms with Crippen LogP contribution in [0.2, 0.25) is 0 Å². The van der Waals surface area contributed by atoms with Crippen LogP contribution in [0.15, 0.2) is 0 Å². The van der Waals surface area contributed by atoms with Crippen molar-refractivity contribution < 1.29 is 4.79 Å². The van der Waals surface area contributed by atoms with Crippen LogP contribution in [-0.2, 0) is 4.79 Å². The van der Waals surface area contributed by atoms with Crippen molar-refractivity contribution in [2.45, 2.75) is 44.9 Å². The summed E-state index contributed by atoms with van der Waals surface area (Å²) >= 11 is 0. The van der Waals surface area contributed by atoms with Crippen LogP contribution in [0.5, 0.6) is 0 Å². The molecule has 3 nitrogen and oxygen atoms in total. The molecule has 19 heavy (non-hydrogen) atoms. The topological polar surface area (TPSA) is 32.3 Å². The number of hydrogen-bond donors (Lipinski definition) is 1. The Bertz CT molecular complexity index is 315. The predicted molar refractivity (Wildman–Crippen MR) is 76.8 cm³/mol. The Labute approximate surface area is 117 Å². The van der Waals surface area contributed by atoms with Gasteiger partial charge in [0.25, 0.3) is 0 Å². The number of amides is 1. The monoisotopic (exact) mass is 264 g/mol. The normalized spacial score (nSPS) is 39.8. The van der Waals surface area contributed by atoms with Crippen molar-refractivity contribution in [1.82, 2.24) is 10.2 Å². The van der Waals surface area contributed by atoms with Crippen molar-refractivity contribution in [2.24, 2.45) is 23.2 Å². The zero-order valence-corrected chi connectivity index (χ0v) is 12.5. The van der Waals surface area contributed by atoms with Gasteiger partial charge >= 0.3 is 0 Å². The lowest BCUT2D eigenvalue weighted by molar-refractivity contribution is -0.122. The van der Waals surface area contributed by atoms with Crippen molar-refractivity contribution in [3.05, 3.63) is 0 Å². The minimum atomic E-state index is 0.176. The first kappa shape index (κ1) is 13.4. The van der Waals surface area contributed by atoms with Gasteiger partial charge in [0.1, 0.15) is 0 Å². The van der Waals surface area contributed by atoms with Crippen LogP contribution in [0.4, 0.5) is 0 Å². The molecular formula is C16H28N2O. The molecule has 4 aliphatic rings. The largest absolute Gasteiger partial charge is 0.355 e. The maximum Gasteiger partial charge on any atom is 0.234 e. The molecule has 4 saturated carbocycles. The molecule has 0 spiro atoms. The van der Waals surface area contributed by atoms with Crippen molar-refractivity contribution in [3.8, 4) is 0 Å². The second-order valence-corrected chi connectivity index (χ2v) is 7.76. The highest BCUT2D eigenvalue weighted by Crippen LogP contribution is 2.61. The van der Waals surface area contributed by atoms with Crippen molar-refractivity contribution in [3.63, 3.8) is 0 Å². The van der Waals surface area contributed by atoms with E-state index in [9.17, 15) is 4.79 Å². The molecule has 4 aliphatic carbocycles. The molecule has 0 aromatic heterocycles. The molecule has 108 valence electrons. The van der Waals surface area contributed by atoms with Crippen LogP contribution in [-0.4, -0.2) is 38.0 Å². The van der Waals surface area contributed by atoms with Crippen LogP contribution >= 0.6 is 0 Å². The van der Waals surface area contributed by atoms with E-state index in [0.29, 0.717) is 12.0 Å². The molecule has 4 rings (SSSR count). The van der Waals surface area contributed by atoms with Crippen LogP contribution in [0.1, 0.15) is 44.9 Å². The Balaban J connectivity index is 1.49. The molecule has 3 heteroatoms. The zero-order chi connectivity index (χ0) is 13.5. The molecule has 0 unspecified atom stereocenters. The Morgan fingerprint density at radius 1 is 1.11 bits per heavy atom. The molecule has 1 N–H and O–H groups in total. The molecular weight excluding hydrogens is 236 g/mol. The summed E-state index contributed by atoms with van der Waals surface area (Å²) in [7, 11) is 3.89. The first-order valence-electron chi connectivity index (χ1n) is 7.96. The van der Waals surface area contributed by atoms with Crippen molar-refractivity contribution in [1.29, 1.82) is 0 Å². The van der Waals surface area contributed by atoms with Crippen LogP contribution < -0.4 is 5.32 Å². The van der Waals surface area contributed by atoms with Gasteiger partial charge in [0.15, 0.2) is 0 Å². The average molecular weight is 264 g/mol. The summed E-state index contributed by atoms with van der Waals surface area (Å²) < 4.78 is 0. The number of rotatable bonds is 5. The third-order valence-corrected chi connectivity index (χ3v) is 5.60. The summed E-state index contributed by atoms with van der Waals surface area (Å²) in [5.74, 6) is 3.23. The third kappa shape index (κ3) is 2.96. The SMILES string of the molecule is CN(C)CC(=O)NCCC12CC3CC(CC(C3)C1)C2. The van der Waals surface area contributed by atoms with E-state index in [2.05, 4.69) is 5.32 Å². The number of likely N-dealkylation sites (N-methyl/N-ethyl adjacent to an activating group) is 1. The minimum absolute atomic E-state index is 0.176. The predicted octanol–water partition coefficient (Wildman–Crippen LogP) is 2.27. The summed E-state index contributed by atoms with van der Waals surface area (Å²) in [5, 5.41) is 3.11. The number of hydrogen-bond acceptors (Lipinski definition) is 2. The zero-order valence-electron chi connectivity index (χ0n) is 12.5. The third-order valence-electron chi connectivity index (χ3n) is 5.60. The lowest BCUT2D eigenvalue weighted by Crippen LogP contribution is -2.47. The summed E-state index contributed by atoms with van der Waals surface area (Å²) in [6, 6.07) is 0. The van der Waals surface area contributed by atoms with Gasteiger partial charge in [-0.2, -0.15) is 0 Å². The number of carbonyl (C=O) groups is 1. The maximum absolute atomic E-state index is 11.7. The highest BCUT2D eigenvalue weighted by molar-refractivity contribution is 5.77. The second-order valence-electron chi connectivity index (χ2n) is 7.76. The van der Waals surface area contributed by atoms with E-state index >= 15 is 0 Å². The number of nitrogens with one attached hydrogen (secondary N) is 1. The number of carbonyl (C=O) groups excluding carboxylic acids is 1. The number of nitrogens with zero attached hydrogens (tertiary/aromatic N) is 1. The molecule has 0 aromatic rings. The summed E-state index contributed by atoms with van der Waals surface area (Å²) in [5.41, 5.74) is 0.597. The van der Waals surface area contributed by atoms with Crippen LogP contribution in [0.25, 0.3) is 0 Å². The fourth-order valence-electron chi connectivity index (χ4n) is 5.41. The molecule has 0 heterocycles. The molecule has 4 fully saturated rings. The first-order chi connectivity index (χ1) is 9.05.